The molecule has 0 aliphatic heterocycles. The van der Waals surface area contributed by atoms with Crippen LogP contribution in [0.4, 0.5) is 0 Å². The SMILES string of the molecule is O=C(NCC[C@@H](O)c1ccoc1)c1cccc(Br)c1. The van der Waals surface area contributed by atoms with Gasteiger partial charge in [0.1, 0.15) is 0 Å². The number of furan rings is 1. The number of carbonyl (C=O) groups excluding carboxylic acids is 1. The highest BCUT2D eigenvalue weighted by molar-refractivity contribution is 9.10. The maximum Gasteiger partial charge on any atom is 0.251 e. The Balaban J connectivity index is 1.81. The highest BCUT2D eigenvalue weighted by Gasteiger charge is 2.10. The number of aliphatic hydroxyl groups excluding tert-OH is 1. The fourth-order valence-electron chi connectivity index (χ4n) is 1.69. The zero-order chi connectivity index (χ0) is 13.7. The Bertz CT molecular complexity index is 539. The van der Waals surface area contributed by atoms with Gasteiger partial charge in [-0.25, -0.2) is 0 Å². The summed E-state index contributed by atoms with van der Waals surface area (Å²) in [5.41, 5.74) is 1.31. The van der Waals surface area contributed by atoms with Gasteiger partial charge in [0, 0.05) is 22.1 Å². The molecule has 0 radical (unpaired) electrons. The second kappa shape index (κ2) is 6.54. The van der Waals surface area contributed by atoms with E-state index in [9.17, 15) is 9.90 Å². The van der Waals surface area contributed by atoms with E-state index in [1.54, 1.807) is 24.3 Å². The van der Waals surface area contributed by atoms with E-state index in [-0.39, 0.29) is 5.91 Å². The van der Waals surface area contributed by atoms with Gasteiger partial charge in [-0.1, -0.05) is 22.0 Å². The van der Waals surface area contributed by atoms with Gasteiger partial charge in [-0.05, 0) is 30.7 Å². The minimum atomic E-state index is -0.624. The van der Waals surface area contributed by atoms with Crippen LogP contribution in [-0.4, -0.2) is 17.6 Å². The number of rotatable bonds is 5. The van der Waals surface area contributed by atoms with E-state index in [2.05, 4.69) is 21.2 Å². The van der Waals surface area contributed by atoms with E-state index in [4.69, 9.17) is 4.42 Å². The Morgan fingerprint density at radius 1 is 1.42 bits per heavy atom. The molecule has 0 fully saturated rings. The van der Waals surface area contributed by atoms with Gasteiger partial charge in [-0.3, -0.25) is 4.79 Å². The molecule has 1 aromatic carbocycles. The topological polar surface area (TPSA) is 62.5 Å². The third-order valence-electron chi connectivity index (χ3n) is 2.72. The summed E-state index contributed by atoms with van der Waals surface area (Å²) >= 11 is 3.32. The van der Waals surface area contributed by atoms with Crippen LogP contribution >= 0.6 is 15.9 Å². The number of halogens is 1. The molecule has 2 rings (SSSR count). The van der Waals surface area contributed by atoms with Gasteiger partial charge < -0.3 is 14.8 Å². The summed E-state index contributed by atoms with van der Waals surface area (Å²) in [6.07, 6.45) is 2.83. The molecular formula is C14H14BrNO3. The van der Waals surface area contributed by atoms with Gasteiger partial charge in [-0.15, -0.1) is 0 Å². The van der Waals surface area contributed by atoms with Gasteiger partial charge in [-0.2, -0.15) is 0 Å². The molecule has 0 bridgehead atoms. The average molecular weight is 324 g/mol. The zero-order valence-corrected chi connectivity index (χ0v) is 11.8. The second-order valence-electron chi connectivity index (χ2n) is 4.13. The second-order valence-corrected chi connectivity index (χ2v) is 5.04. The van der Waals surface area contributed by atoms with Crippen LogP contribution in [-0.2, 0) is 0 Å². The van der Waals surface area contributed by atoms with Gasteiger partial charge in [0.2, 0.25) is 0 Å². The summed E-state index contributed by atoms with van der Waals surface area (Å²) < 4.78 is 5.75. The number of amides is 1. The number of hydrogen-bond donors (Lipinski definition) is 2. The molecule has 1 heterocycles. The molecule has 0 saturated carbocycles. The van der Waals surface area contributed by atoms with E-state index in [0.29, 0.717) is 18.5 Å². The summed E-state index contributed by atoms with van der Waals surface area (Å²) in [6.45, 7) is 0.400. The van der Waals surface area contributed by atoms with Crippen molar-refractivity contribution in [1.82, 2.24) is 5.32 Å². The monoisotopic (exact) mass is 323 g/mol. The van der Waals surface area contributed by atoms with E-state index < -0.39 is 6.10 Å². The third kappa shape index (κ3) is 3.94. The van der Waals surface area contributed by atoms with Crippen LogP contribution in [0.25, 0.3) is 0 Å². The number of nitrogens with one attached hydrogen (secondary N) is 1. The molecule has 0 aliphatic carbocycles. The van der Waals surface area contributed by atoms with Crippen LogP contribution in [0.3, 0.4) is 0 Å². The van der Waals surface area contributed by atoms with Crippen molar-refractivity contribution < 1.29 is 14.3 Å². The molecule has 0 saturated heterocycles. The normalized spacial score (nSPS) is 12.1. The predicted molar refractivity (Wildman–Crippen MR) is 74.8 cm³/mol. The van der Waals surface area contributed by atoms with Crippen molar-refractivity contribution in [1.29, 1.82) is 0 Å². The maximum atomic E-state index is 11.8. The molecular weight excluding hydrogens is 310 g/mol. The highest BCUT2D eigenvalue weighted by atomic mass is 79.9. The Kier molecular flexibility index (Phi) is 4.76. The molecule has 0 aliphatic rings. The Morgan fingerprint density at radius 2 is 2.26 bits per heavy atom. The maximum absolute atomic E-state index is 11.8. The Hall–Kier alpha value is -1.59. The first-order valence-corrected chi connectivity index (χ1v) is 6.70. The van der Waals surface area contributed by atoms with Crippen molar-refractivity contribution in [3.63, 3.8) is 0 Å². The van der Waals surface area contributed by atoms with Crippen LogP contribution in [0.2, 0.25) is 0 Å². The number of aliphatic hydroxyl groups is 1. The summed E-state index contributed by atoms with van der Waals surface area (Å²) in [5.74, 6) is -0.152. The van der Waals surface area contributed by atoms with E-state index in [0.717, 1.165) is 10.0 Å². The van der Waals surface area contributed by atoms with Crippen molar-refractivity contribution in [2.75, 3.05) is 6.54 Å². The van der Waals surface area contributed by atoms with Crippen LogP contribution in [0, 0.1) is 0 Å². The summed E-state index contributed by atoms with van der Waals surface area (Å²) in [4.78, 5) is 11.8. The first-order valence-electron chi connectivity index (χ1n) is 5.91. The first kappa shape index (κ1) is 13.8. The third-order valence-corrected chi connectivity index (χ3v) is 3.21. The molecule has 2 N–H and O–H groups in total. The number of benzene rings is 1. The van der Waals surface area contributed by atoms with Crippen molar-refractivity contribution in [2.24, 2.45) is 0 Å². The molecule has 4 nitrogen and oxygen atoms in total. The van der Waals surface area contributed by atoms with Gasteiger partial charge in [0.15, 0.2) is 0 Å². The number of carbonyl (C=O) groups is 1. The zero-order valence-electron chi connectivity index (χ0n) is 10.2. The highest BCUT2D eigenvalue weighted by Crippen LogP contribution is 2.16. The van der Waals surface area contributed by atoms with Crippen LogP contribution in [0.1, 0.15) is 28.4 Å². The standard InChI is InChI=1S/C14H14BrNO3/c15-12-3-1-2-10(8-12)14(18)16-6-4-13(17)11-5-7-19-9-11/h1-3,5,7-9,13,17H,4,6H2,(H,16,18)/t13-/m1/s1. The molecule has 2 aromatic rings. The van der Waals surface area contributed by atoms with E-state index >= 15 is 0 Å². The van der Waals surface area contributed by atoms with Crippen molar-refractivity contribution in [3.8, 4) is 0 Å². The van der Waals surface area contributed by atoms with Crippen molar-refractivity contribution >= 4 is 21.8 Å². The molecule has 19 heavy (non-hydrogen) atoms. The molecule has 5 heteroatoms. The molecule has 1 atom stereocenters. The fraction of sp³-hybridized carbons (Fsp3) is 0.214. The molecule has 0 spiro atoms. The smallest absolute Gasteiger partial charge is 0.251 e. The lowest BCUT2D eigenvalue weighted by Gasteiger charge is -2.09. The molecule has 1 aromatic heterocycles. The molecule has 100 valence electrons. The molecule has 0 unspecified atom stereocenters. The van der Waals surface area contributed by atoms with Crippen molar-refractivity contribution in [3.05, 3.63) is 58.5 Å². The summed E-state index contributed by atoms with van der Waals surface area (Å²) in [6, 6.07) is 8.87. The van der Waals surface area contributed by atoms with E-state index in [1.165, 1.54) is 12.5 Å². The Labute approximate surface area is 119 Å². The largest absolute Gasteiger partial charge is 0.472 e. The lowest BCUT2D eigenvalue weighted by Crippen LogP contribution is -2.25. The van der Waals surface area contributed by atoms with Crippen molar-refractivity contribution in [2.45, 2.75) is 12.5 Å². The minimum absolute atomic E-state index is 0.152. The quantitative estimate of drug-likeness (QED) is 0.889. The predicted octanol–water partition coefficient (Wildman–Crippen LogP) is 2.90. The van der Waals surface area contributed by atoms with Gasteiger partial charge in [0.05, 0.1) is 18.6 Å². The fourth-order valence-corrected chi connectivity index (χ4v) is 2.08. The van der Waals surface area contributed by atoms with E-state index in [1.807, 2.05) is 6.07 Å². The van der Waals surface area contributed by atoms with Crippen LogP contribution in [0.15, 0.2) is 51.7 Å². The average Bonchev–Trinajstić information content (AvgIpc) is 2.92. The summed E-state index contributed by atoms with van der Waals surface area (Å²) in [5, 5.41) is 12.6. The lowest BCUT2D eigenvalue weighted by molar-refractivity contribution is 0.0942. The first-order chi connectivity index (χ1) is 9.16. The molecule has 1 amide bonds. The minimum Gasteiger partial charge on any atom is -0.472 e. The van der Waals surface area contributed by atoms with Crippen LogP contribution in [0.5, 0.6) is 0 Å². The van der Waals surface area contributed by atoms with Gasteiger partial charge >= 0.3 is 0 Å². The van der Waals surface area contributed by atoms with Gasteiger partial charge in [0.25, 0.3) is 5.91 Å². The number of hydrogen-bond acceptors (Lipinski definition) is 3. The summed E-state index contributed by atoms with van der Waals surface area (Å²) in [7, 11) is 0. The Morgan fingerprint density at radius 3 is 2.95 bits per heavy atom. The lowest BCUT2D eigenvalue weighted by atomic mass is 10.1. The van der Waals surface area contributed by atoms with Crippen LogP contribution < -0.4 is 5.32 Å².